The fourth-order valence-electron chi connectivity index (χ4n) is 5.15. The number of hydrogen-bond acceptors (Lipinski definition) is 11. The number of carbonyl (C=O) groups is 2. The molecule has 0 bridgehead atoms. The van der Waals surface area contributed by atoms with Gasteiger partial charge >= 0.3 is 0 Å². The summed E-state index contributed by atoms with van der Waals surface area (Å²) in [6.07, 6.45) is 11.0. The quantitative estimate of drug-likeness (QED) is 0.124. The lowest BCUT2D eigenvalue weighted by molar-refractivity contribution is 0.0975. The summed E-state index contributed by atoms with van der Waals surface area (Å²) in [7, 11) is 3.75. The van der Waals surface area contributed by atoms with E-state index >= 15 is 0 Å². The summed E-state index contributed by atoms with van der Waals surface area (Å²) < 4.78 is 3.49. The number of pyridine rings is 4. The average Bonchev–Trinajstić information content (AvgIpc) is 3.86. The Balaban J connectivity index is 0.000000160. The van der Waals surface area contributed by atoms with Crippen LogP contribution in [-0.2, 0) is 14.1 Å². The summed E-state index contributed by atoms with van der Waals surface area (Å²) in [6.45, 7) is 0. The van der Waals surface area contributed by atoms with E-state index in [2.05, 4.69) is 58.0 Å². The van der Waals surface area contributed by atoms with E-state index in [-0.39, 0.29) is 16.9 Å². The van der Waals surface area contributed by atoms with Gasteiger partial charge in [0.15, 0.2) is 5.11 Å². The van der Waals surface area contributed by atoms with Crippen molar-refractivity contribution in [3.63, 3.8) is 0 Å². The Kier molecular flexibility index (Phi) is 12.4. The third-order valence-electron chi connectivity index (χ3n) is 7.85. The van der Waals surface area contributed by atoms with Crippen LogP contribution in [0.1, 0.15) is 20.7 Å². The Morgan fingerprint density at radius 3 is 1.75 bits per heavy atom. The smallest absolute Gasteiger partial charge is 0.285 e. The van der Waals surface area contributed by atoms with Gasteiger partial charge in [0.2, 0.25) is 0 Å². The molecule has 6 heterocycles. The van der Waals surface area contributed by atoms with Gasteiger partial charge in [0.25, 0.3) is 11.8 Å². The summed E-state index contributed by atoms with van der Waals surface area (Å²) >= 11 is 9.52. The molecule has 0 saturated carbocycles. The molecule has 4 N–H and O–H groups in total. The number of nitrogens with zero attached hydrogens (tertiary/aromatic N) is 9. The zero-order chi connectivity index (χ0) is 39.4. The zero-order valence-electron chi connectivity index (χ0n) is 29.9. The molecular formula is C40H32N12O2S2. The van der Waals surface area contributed by atoms with Crippen molar-refractivity contribution >= 4 is 80.2 Å². The molecule has 56 heavy (non-hydrogen) atoms. The van der Waals surface area contributed by atoms with Crippen LogP contribution in [0.3, 0.4) is 0 Å². The molecule has 2 amide bonds. The van der Waals surface area contributed by atoms with E-state index in [4.69, 9.17) is 18.0 Å². The maximum Gasteiger partial charge on any atom is 0.285 e. The van der Waals surface area contributed by atoms with Crippen molar-refractivity contribution < 1.29 is 9.59 Å². The normalized spacial score (nSPS) is 10.2. The van der Waals surface area contributed by atoms with Crippen molar-refractivity contribution in [1.29, 1.82) is 0 Å². The van der Waals surface area contributed by atoms with E-state index in [1.165, 1.54) is 0 Å². The van der Waals surface area contributed by atoms with Gasteiger partial charge in [0.1, 0.15) is 11.6 Å². The van der Waals surface area contributed by atoms with E-state index in [1.807, 2.05) is 74.2 Å². The van der Waals surface area contributed by atoms with Gasteiger partial charge in [-0.25, -0.2) is 9.97 Å². The highest BCUT2D eigenvalue weighted by Crippen LogP contribution is 2.23. The van der Waals surface area contributed by atoms with E-state index in [1.54, 1.807) is 88.6 Å². The van der Waals surface area contributed by atoms with Crippen molar-refractivity contribution in [2.45, 2.75) is 0 Å². The largest absolute Gasteiger partial charge is 0.384 e. The fourth-order valence-corrected chi connectivity index (χ4v) is 5.43. The molecule has 0 atom stereocenters. The molecule has 0 aliphatic heterocycles. The van der Waals surface area contributed by atoms with Crippen LogP contribution in [0.5, 0.6) is 0 Å². The molecule has 16 heteroatoms. The summed E-state index contributed by atoms with van der Waals surface area (Å²) in [4.78, 5) is 44.1. The predicted octanol–water partition coefficient (Wildman–Crippen LogP) is 6.70. The topological polar surface area (TPSA) is 184 Å². The number of carbonyl (C=O) groups excluding carboxylic acids is 2. The minimum atomic E-state index is -0.347. The van der Waals surface area contributed by atoms with Crippen LogP contribution in [-0.4, -0.2) is 61.6 Å². The Bertz CT molecular complexity index is 2710. The number of hydrogen-bond donors (Lipinski definition) is 3. The first-order chi connectivity index (χ1) is 27.1. The number of aliphatic imine (C=N–C) groups is 1. The molecule has 276 valence electrons. The van der Waals surface area contributed by atoms with Crippen molar-refractivity contribution in [3.8, 4) is 22.3 Å². The number of aromatic nitrogens is 8. The lowest BCUT2D eigenvalue weighted by Crippen LogP contribution is -2.34. The van der Waals surface area contributed by atoms with E-state index in [0.29, 0.717) is 28.3 Å². The first-order valence-corrected chi connectivity index (χ1v) is 17.6. The van der Waals surface area contributed by atoms with Crippen LogP contribution >= 0.6 is 24.4 Å². The monoisotopic (exact) mass is 776 g/mol. The molecule has 2 aromatic carbocycles. The molecule has 0 aliphatic rings. The van der Waals surface area contributed by atoms with Gasteiger partial charge in [-0.1, -0.05) is 36.4 Å². The Hall–Kier alpha value is -7.39. The SMILES string of the molecule is Cn1cc(-c2cnc3ccc(N)nc3c2)cn1.Cn1cc(-c2cnc3ccc(NC(=S)NC(=O)c4ccccc4)nc3c2)cn1.O=C(N=C=S)c1ccccc1. The van der Waals surface area contributed by atoms with Gasteiger partial charge in [0, 0.05) is 72.3 Å². The van der Waals surface area contributed by atoms with Crippen LogP contribution in [0.25, 0.3) is 44.3 Å². The van der Waals surface area contributed by atoms with Crippen molar-refractivity contribution in [2.24, 2.45) is 19.1 Å². The summed E-state index contributed by atoms with van der Waals surface area (Å²) in [5.41, 5.74) is 13.7. The highest BCUT2D eigenvalue weighted by atomic mass is 32.1. The summed E-state index contributed by atoms with van der Waals surface area (Å²) in [6, 6.07) is 28.7. The molecule has 8 aromatic rings. The van der Waals surface area contributed by atoms with Crippen LogP contribution in [0.4, 0.5) is 11.6 Å². The lowest BCUT2D eigenvalue weighted by atomic mass is 10.1. The number of nitrogens with one attached hydrogen (secondary N) is 2. The van der Waals surface area contributed by atoms with E-state index < -0.39 is 0 Å². The number of nitrogen functional groups attached to an aromatic ring is 1. The molecule has 6 aromatic heterocycles. The van der Waals surface area contributed by atoms with Gasteiger partial charge in [-0.3, -0.25) is 34.2 Å². The second kappa shape index (κ2) is 18.1. The molecule has 0 fully saturated rings. The number of aryl methyl sites for hydroxylation is 2. The third kappa shape index (κ3) is 10.2. The fraction of sp³-hybridized carbons (Fsp3) is 0.0500. The van der Waals surface area contributed by atoms with E-state index in [0.717, 1.165) is 38.8 Å². The van der Waals surface area contributed by atoms with Gasteiger partial charge < -0.3 is 11.1 Å². The minimum absolute atomic E-state index is 0.178. The molecule has 0 unspecified atom stereocenters. The van der Waals surface area contributed by atoms with Crippen LogP contribution in [0.15, 0.2) is 139 Å². The second-order valence-corrected chi connectivity index (χ2v) is 12.5. The standard InChI is InChI=1S/C20H16N6OS.C12H11N5.C8H5NOS/c1-26-12-15(11-22-26)14-9-17-16(21-10-14)7-8-18(23-17)24-20(28)25-19(27)13-5-3-2-4-6-13;1-17-7-9(6-15-17)8-4-11-10(14-5-8)2-3-12(13)16-11;10-8(9-6-11)7-4-2-1-3-5-7/h2-12H,1H3,(H2,23,24,25,27,28);2-7H,1H3,(H2,13,16);1-5H. The summed E-state index contributed by atoms with van der Waals surface area (Å²) in [5.74, 6) is 0.402. The van der Waals surface area contributed by atoms with Gasteiger partial charge in [0.05, 0.1) is 39.6 Å². The number of amides is 2. The Morgan fingerprint density at radius 1 is 0.679 bits per heavy atom. The highest BCUT2D eigenvalue weighted by molar-refractivity contribution is 7.80. The lowest BCUT2D eigenvalue weighted by Gasteiger charge is -2.09. The van der Waals surface area contributed by atoms with Crippen molar-refractivity contribution in [2.75, 3.05) is 11.1 Å². The highest BCUT2D eigenvalue weighted by Gasteiger charge is 2.10. The maximum atomic E-state index is 12.2. The predicted molar refractivity (Wildman–Crippen MR) is 224 cm³/mol. The number of nitrogens with two attached hydrogens (primary N) is 1. The van der Waals surface area contributed by atoms with Gasteiger partial charge in [-0.2, -0.15) is 15.2 Å². The molecule has 0 aliphatic carbocycles. The molecule has 0 spiro atoms. The molecule has 14 nitrogen and oxygen atoms in total. The number of isothiocyanates is 1. The second-order valence-electron chi connectivity index (χ2n) is 11.9. The van der Waals surface area contributed by atoms with Crippen molar-refractivity contribution in [3.05, 3.63) is 145 Å². The van der Waals surface area contributed by atoms with Gasteiger partial charge in [-0.05, 0) is 85.1 Å². The van der Waals surface area contributed by atoms with Crippen LogP contribution in [0.2, 0.25) is 0 Å². The van der Waals surface area contributed by atoms with Crippen molar-refractivity contribution in [1.82, 2.24) is 44.8 Å². The Labute approximate surface area is 331 Å². The zero-order valence-corrected chi connectivity index (χ0v) is 31.6. The minimum Gasteiger partial charge on any atom is -0.384 e. The molecular weight excluding hydrogens is 745 g/mol. The number of benzene rings is 2. The Morgan fingerprint density at radius 2 is 1.21 bits per heavy atom. The third-order valence-corrected chi connectivity index (χ3v) is 8.14. The molecule has 8 rings (SSSR count). The first kappa shape index (κ1) is 38.3. The number of rotatable bonds is 5. The van der Waals surface area contributed by atoms with Gasteiger partial charge in [-0.15, -0.1) is 0 Å². The molecule has 0 saturated heterocycles. The molecule has 0 radical (unpaired) electrons. The first-order valence-electron chi connectivity index (χ1n) is 16.8. The van der Waals surface area contributed by atoms with Crippen LogP contribution < -0.4 is 16.4 Å². The maximum absolute atomic E-state index is 12.2. The summed E-state index contributed by atoms with van der Waals surface area (Å²) in [5, 5.41) is 16.1. The number of thiocarbonyl (C=S) groups is 2. The number of fused-ring (bicyclic) bond motifs is 2. The number of anilines is 2. The van der Waals surface area contributed by atoms with Crippen LogP contribution in [0, 0.1) is 0 Å². The average molecular weight is 777 g/mol. The van der Waals surface area contributed by atoms with E-state index in [9.17, 15) is 9.59 Å².